The highest BCUT2D eigenvalue weighted by atomic mass is 19.4. The third-order valence-corrected chi connectivity index (χ3v) is 3.56. The van der Waals surface area contributed by atoms with Crippen LogP contribution >= 0.6 is 0 Å². The van der Waals surface area contributed by atoms with Crippen LogP contribution in [0.1, 0.15) is 31.9 Å². The maximum atomic E-state index is 12.1. The van der Waals surface area contributed by atoms with E-state index in [4.69, 9.17) is 0 Å². The topological polar surface area (TPSA) is 74.8 Å². The van der Waals surface area contributed by atoms with E-state index in [0.717, 1.165) is 5.56 Å². The summed E-state index contributed by atoms with van der Waals surface area (Å²) in [6.07, 6.45) is -4.32. The summed E-state index contributed by atoms with van der Waals surface area (Å²) in [5, 5.41) is 9.07. The minimum atomic E-state index is -4.32. The van der Waals surface area contributed by atoms with Crippen LogP contribution in [0.15, 0.2) is 29.3 Å². The van der Waals surface area contributed by atoms with Gasteiger partial charge in [-0.05, 0) is 18.1 Å². The van der Waals surface area contributed by atoms with Crippen molar-refractivity contribution in [1.82, 2.24) is 16.0 Å². The SMILES string of the molecule is CCNC(=NCc1ccc(COCC(F)(F)F)cc1)NCCNC(=O)C(C)C. The standard InChI is InChI=1S/C19H29F3N4O2/c1-4-23-18(25-10-9-24-17(27)14(2)3)26-11-15-5-7-16(8-6-15)12-28-13-19(20,21)22/h5-8,14H,4,9-13H2,1-3H3,(H,24,27)(H2,23,25,26). The lowest BCUT2D eigenvalue weighted by Gasteiger charge is -2.12. The molecule has 6 nitrogen and oxygen atoms in total. The number of alkyl halides is 3. The van der Waals surface area contributed by atoms with E-state index in [1.54, 1.807) is 12.1 Å². The van der Waals surface area contributed by atoms with Crippen LogP contribution in [0.25, 0.3) is 0 Å². The van der Waals surface area contributed by atoms with Crippen LogP contribution in [-0.4, -0.2) is 44.3 Å². The number of aliphatic imine (C=N–C) groups is 1. The number of nitrogens with one attached hydrogen (secondary N) is 3. The third kappa shape index (κ3) is 10.8. The van der Waals surface area contributed by atoms with E-state index in [9.17, 15) is 18.0 Å². The number of nitrogens with zero attached hydrogens (tertiary/aromatic N) is 1. The molecule has 0 radical (unpaired) electrons. The van der Waals surface area contributed by atoms with Crippen molar-refractivity contribution in [1.29, 1.82) is 0 Å². The van der Waals surface area contributed by atoms with E-state index in [2.05, 4.69) is 25.7 Å². The van der Waals surface area contributed by atoms with E-state index in [1.807, 2.05) is 32.9 Å². The summed E-state index contributed by atoms with van der Waals surface area (Å²) < 4.78 is 40.9. The van der Waals surface area contributed by atoms with Crippen LogP contribution in [0.2, 0.25) is 0 Å². The lowest BCUT2D eigenvalue weighted by atomic mass is 10.1. The van der Waals surface area contributed by atoms with Crippen LogP contribution < -0.4 is 16.0 Å². The molecule has 1 rings (SSSR count). The first kappa shape index (κ1) is 23.7. The molecule has 0 aromatic heterocycles. The normalized spacial score (nSPS) is 12.2. The number of ether oxygens (including phenoxy) is 1. The van der Waals surface area contributed by atoms with E-state index in [-0.39, 0.29) is 18.4 Å². The predicted octanol–water partition coefficient (Wildman–Crippen LogP) is 2.59. The second-order valence-corrected chi connectivity index (χ2v) is 6.49. The van der Waals surface area contributed by atoms with Crippen LogP contribution in [-0.2, 0) is 22.7 Å². The lowest BCUT2D eigenvalue weighted by molar-refractivity contribution is -0.176. The van der Waals surface area contributed by atoms with Gasteiger partial charge in [-0.15, -0.1) is 0 Å². The lowest BCUT2D eigenvalue weighted by Crippen LogP contribution is -2.42. The average Bonchev–Trinajstić information content (AvgIpc) is 2.62. The molecule has 0 aliphatic rings. The first-order valence-corrected chi connectivity index (χ1v) is 9.23. The largest absolute Gasteiger partial charge is 0.411 e. The maximum Gasteiger partial charge on any atom is 0.411 e. The quantitative estimate of drug-likeness (QED) is 0.320. The van der Waals surface area contributed by atoms with Gasteiger partial charge in [-0.25, -0.2) is 4.99 Å². The molecule has 1 amide bonds. The van der Waals surface area contributed by atoms with Crippen molar-refractivity contribution >= 4 is 11.9 Å². The minimum Gasteiger partial charge on any atom is -0.367 e. The molecule has 28 heavy (non-hydrogen) atoms. The Kier molecular flexibility index (Phi) is 10.4. The number of carbonyl (C=O) groups is 1. The number of halogens is 3. The van der Waals surface area contributed by atoms with Gasteiger partial charge in [0.05, 0.1) is 13.2 Å². The zero-order valence-corrected chi connectivity index (χ0v) is 16.5. The molecule has 0 aliphatic carbocycles. The smallest absolute Gasteiger partial charge is 0.367 e. The molecular weight excluding hydrogens is 373 g/mol. The van der Waals surface area contributed by atoms with Gasteiger partial charge in [0.25, 0.3) is 0 Å². The summed E-state index contributed by atoms with van der Waals surface area (Å²) in [7, 11) is 0. The maximum absolute atomic E-state index is 12.1. The molecule has 3 N–H and O–H groups in total. The highest BCUT2D eigenvalue weighted by Crippen LogP contribution is 2.16. The number of hydrogen-bond donors (Lipinski definition) is 3. The Hall–Kier alpha value is -2.29. The van der Waals surface area contributed by atoms with E-state index in [0.29, 0.717) is 37.7 Å². The number of hydrogen-bond acceptors (Lipinski definition) is 3. The first-order valence-electron chi connectivity index (χ1n) is 9.23. The second-order valence-electron chi connectivity index (χ2n) is 6.49. The number of carbonyl (C=O) groups excluding carboxylic acids is 1. The van der Waals surface area contributed by atoms with Crippen LogP contribution in [0.4, 0.5) is 13.2 Å². The molecule has 1 aromatic rings. The second kappa shape index (κ2) is 12.2. The fourth-order valence-electron chi connectivity index (χ4n) is 2.11. The fourth-order valence-corrected chi connectivity index (χ4v) is 2.11. The Morgan fingerprint density at radius 1 is 1.07 bits per heavy atom. The molecule has 0 atom stereocenters. The summed E-state index contributed by atoms with van der Waals surface area (Å²) in [5.41, 5.74) is 1.59. The zero-order chi connectivity index (χ0) is 21.0. The number of benzene rings is 1. The average molecular weight is 402 g/mol. The predicted molar refractivity (Wildman–Crippen MR) is 103 cm³/mol. The van der Waals surface area contributed by atoms with Crippen molar-refractivity contribution in [3.8, 4) is 0 Å². The molecule has 0 unspecified atom stereocenters. The molecule has 0 heterocycles. The molecule has 0 fully saturated rings. The van der Waals surface area contributed by atoms with E-state index >= 15 is 0 Å². The zero-order valence-electron chi connectivity index (χ0n) is 16.5. The Morgan fingerprint density at radius 2 is 1.68 bits per heavy atom. The van der Waals surface area contributed by atoms with Crippen molar-refractivity contribution in [3.63, 3.8) is 0 Å². The van der Waals surface area contributed by atoms with Gasteiger partial charge in [0.15, 0.2) is 5.96 Å². The molecule has 9 heteroatoms. The van der Waals surface area contributed by atoms with Gasteiger partial charge in [-0.1, -0.05) is 38.1 Å². The summed E-state index contributed by atoms with van der Waals surface area (Å²) in [6.45, 7) is 6.42. The van der Waals surface area contributed by atoms with Crippen molar-refractivity contribution in [3.05, 3.63) is 35.4 Å². The van der Waals surface area contributed by atoms with Crippen LogP contribution in [0.3, 0.4) is 0 Å². The molecule has 1 aromatic carbocycles. The summed E-state index contributed by atoms with van der Waals surface area (Å²) in [4.78, 5) is 16.0. The van der Waals surface area contributed by atoms with Crippen molar-refractivity contribution in [2.24, 2.45) is 10.9 Å². The van der Waals surface area contributed by atoms with Crippen LogP contribution in [0, 0.1) is 5.92 Å². The molecule has 158 valence electrons. The third-order valence-electron chi connectivity index (χ3n) is 3.56. The van der Waals surface area contributed by atoms with Gasteiger partial charge in [-0.2, -0.15) is 13.2 Å². The first-order chi connectivity index (χ1) is 13.2. The molecule has 0 saturated carbocycles. The highest BCUT2D eigenvalue weighted by molar-refractivity contribution is 5.80. The fraction of sp³-hybridized carbons (Fsp3) is 0.579. The number of guanidine groups is 1. The monoisotopic (exact) mass is 402 g/mol. The van der Waals surface area contributed by atoms with Crippen molar-refractivity contribution < 1.29 is 22.7 Å². The van der Waals surface area contributed by atoms with E-state index < -0.39 is 12.8 Å². The Morgan fingerprint density at radius 3 is 2.25 bits per heavy atom. The van der Waals surface area contributed by atoms with Gasteiger partial charge in [0, 0.05) is 25.6 Å². The molecule has 0 bridgehead atoms. The van der Waals surface area contributed by atoms with Gasteiger partial charge < -0.3 is 20.7 Å². The van der Waals surface area contributed by atoms with Gasteiger partial charge in [-0.3, -0.25) is 4.79 Å². The molecular formula is C19H29F3N4O2. The Balaban J connectivity index is 2.45. The van der Waals surface area contributed by atoms with Crippen molar-refractivity contribution in [2.75, 3.05) is 26.2 Å². The number of amides is 1. The molecule has 0 aliphatic heterocycles. The number of rotatable bonds is 10. The minimum absolute atomic E-state index is 0.00282. The Bertz CT molecular complexity index is 617. The van der Waals surface area contributed by atoms with Crippen LogP contribution in [0.5, 0.6) is 0 Å². The van der Waals surface area contributed by atoms with Crippen molar-refractivity contribution in [2.45, 2.75) is 40.1 Å². The molecule has 0 saturated heterocycles. The Labute approximate surface area is 163 Å². The van der Waals surface area contributed by atoms with E-state index in [1.165, 1.54) is 0 Å². The summed E-state index contributed by atoms with van der Waals surface area (Å²) in [5.74, 6) is 0.575. The molecule has 0 spiro atoms. The van der Waals surface area contributed by atoms with Gasteiger partial charge in [0.1, 0.15) is 6.61 Å². The summed E-state index contributed by atoms with van der Waals surface area (Å²) >= 11 is 0. The van der Waals surface area contributed by atoms with Gasteiger partial charge >= 0.3 is 6.18 Å². The van der Waals surface area contributed by atoms with Gasteiger partial charge in [0.2, 0.25) is 5.91 Å². The summed E-state index contributed by atoms with van der Waals surface area (Å²) in [6, 6.07) is 7.07. The highest BCUT2D eigenvalue weighted by Gasteiger charge is 2.27.